The van der Waals surface area contributed by atoms with Gasteiger partial charge in [-0.15, -0.1) is 0 Å². The van der Waals surface area contributed by atoms with Crippen molar-refractivity contribution in [1.29, 1.82) is 0 Å². The van der Waals surface area contributed by atoms with Gasteiger partial charge < -0.3 is 14.7 Å². The van der Waals surface area contributed by atoms with E-state index < -0.39 is 0 Å². The fourth-order valence-corrected chi connectivity index (χ4v) is 3.15. The third-order valence-electron chi connectivity index (χ3n) is 4.66. The molecule has 28 heavy (non-hydrogen) atoms. The maximum absolute atomic E-state index is 13.1. The molecule has 2 aromatic rings. The molecule has 0 saturated heterocycles. The number of anilines is 3. The van der Waals surface area contributed by atoms with E-state index in [1.807, 2.05) is 56.1 Å². The predicted octanol–water partition coefficient (Wildman–Crippen LogP) is 2.37. The van der Waals surface area contributed by atoms with Crippen molar-refractivity contribution in [2.24, 2.45) is 0 Å². The Morgan fingerprint density at radius 2 is 1.93 bits per heavy atom. The van der Waals surface area contributed by atoms with E-state index in [-0.39, 0.29) is 18.1 Å². The number of ketones is 1. The molecular weight excluding hydrogens is 354 g/mol. The summed E-state index contributed by atoms with van der Waals surface area (Å²) in [5.74, 6) is 1.18. The molecule has 0 N–H and O–H groups in total. The van der Waals surface area contributed by atoms with Gasteiger partial charge in [-0.2, -0.15) is 0 Å². The van der Waals surface area contributed by atoms with E-state index >= 15 is 0 Å². The Bertz CT molecular complexity index is 952. The van der Waals surface area contributed by atoms with E-state index in [0.29, 0.717) is 29.4 Å². The van der Waals surface area contributed by atoms with Crippen molar-refractivity contribution < 1.29 is 9.59 Å². The average molecular weight is 379 g/mol. The van der Waals surface area contributed by atoms with Crippen molar-refractivity contribution in [2.45, 2.75) is 13.3 Å². The molecule has 0 fully saturated rings. The van der Waals surface area contributed by atoms with Crippen molar-refractivity contribution in [2.75, 3.05) is 44.5 Å². The number of aryl methyl sites for hydroxylation is 1. The molecule has 1 aromatic carbocycles. The van der Waals surface area contributed by atoms with E-state index in [1.54, 1.807) is 30.3 Å². The van der Waals surface area contributed by atoms with E-state index in [0.717, 1.165) is 11.3 Å². The van der Waals surface area contributed by atoms with Crippen LogP contribution in [0.3, 0.4) is 0 Å². The molecule has 7 heteroatoms. The molecule has 0 spiro atoms. The maximum Gasteiger partial charge on any atom is 0.260 e. The van der Waals surface area contributed by atoms with Crippen LogP contribution in [0.2, 0.25) is 0 Å². The highest BCUT2D eigenvalue weighted by Crippen LogP contribution is 2.37. The minimum atomic E-state index is -0.148. The van der Waals surface area contributed by atoms with Gasteiger partial charge in [0.25, 0.3) is 5.91 Å². The minimum Gasteiger partial charge on any atom is -0.327 e. The number of carbonyl (C=O) groups excluding carboxylic acids is 2. The molecular formula is C21H25N5O2. The van der Waals surface area contributed by atoms with Crippen LogP contribution < -0.4 is 9.80 Å². The number of nitrogens with zero attached hydrogens (tertiary/aromatic N) is 5. The molecule has 0 atom stereocenters. The number of aromatic nitrogens is 2. The number of benzene rings is 1. The first kappa shape index (κ1) is 19.7. The Labute approximate surface area is 165 Å². The van der Waals surface area contributed by atoms with Crippen LogP contribution in [-0.2, 0) is 11.2 Å². The Hall–Kier alpha value is -3.06. The quantitative estimate of drug-likeness (QED) is 0.743. The monoisotopic (exact) mass is 379 g/mol. The van der Waals surface area contributed by atoms with Gasteiger partial charge in [0.15, 0.2) is 11.6 Å². The highest BCUT2D eigenvalue weighted by Gasteiger charge is 2.29. The zero-order chi connectivity index (χ0) is 20.4. The van der Waals surface area contributed by atoms with E-state index in [4.69, 9.17) is 0 Å². The van der Waals surface area contributed by atoms with Crippen molar-refractivity contribution in [1.82, 2.24) is 14.9 Å². The molecule has 0 aliphatic carbocycles. The molecule has 0 unspecified atom stereocenters. The lowest BCUT2D eigenvalue weighted by molar-refractivity contribution is -0.114. The highest BCUT2D eigenvalue weighted by molar-refractivity contribution is 6.13. The summed E-state index contributed by atoms with van der Waals surface area (Å²) < 4.78 is 0. The zero-order valence-corrected chi connectivity index (χ0v) is 16.9. The Morgan fingerprint density at radius 1 is 1.18 bits per heavy atom. The third kappa shape index (κ3) is 3.94. The zero-order valence-electron chi connectivity index (χ0n) is 16.9. The second-order valence-corrected chi connectivity index (χ2v) is 7.21. The molecule has 146 valence electrons. The van der Waals surface area contributed by atoms with Crippen LogP contribution in [0.15, 0.2) is 36.5 Å². The second kappa shape index (κ2) is 7.90. The number of allylic oxidation sites excluding steroid dienone is 1. The van der Waals surface area contributed by atoms with Gasteiger partial charge in [0, 0.05) is 27.1 Å². The van der Waals surface area contributed by atoms with E-state index in [1.165, 1.54) is 0 Å². The number of hydrogen-bond acceptors (Lipinski definition) is 6. The van der Waals surface area contributed by atoms with Crippen molar-refractivity contribution in [3.63, 3.8) is 0 Å². The van der Waals surface area contributed by atoms with Crippen LogP contribution in [0.4, 0.5) is 17.2 Å². The lowest BCUT2D eigenvalue weighted by Gasteiger charge is -2.20. The molecule has 0 bridgehead atoms. The molecule has 0 saturated carbocycles. The van der Waals surface area contributed by atoms with Gasteiger partial charge >= 0.3 is 0 Å². The predicted molar refractivity (Wildman–Crippen MR) is 110 cm³/mol. The summed E-state index contributed by atoms with van der Waals surface area (Å²) in [7, 11) is 7.49. The highest BCUT2D eigenvalue weighted by atomic mass is 16.2. The minimum absolute atomic E-state index is 0.00866. The first-order valence-corrected chi connectivity index (χ1v) is 9.10. The molecule has 1 aliphatic heterocycles. The second-order valence-electron chi connectivity index (χ2n) is 7.21. The number of rotatable bonds is 5. The smallest absolute Gasteiger partial charge is 0.260 e. The maximum atomic E-state index is 13.1. The third-order valence-corrected chi connectivity index (χ3v) is 4.66. The number of amides is 1. The van der Waals surface area contributed by atoms with Gasteiger partial charge in [0.1, 0.15) is 11.5 Å². The summed E-state index contributed by atoms with van der Waals surface area (Å²) in [4.78, 5) is 39.5. The summed E-state index contributed by atoms with van der Waals surface area (Å²) in [5, 5.41) is 0. The van der Waals surface area contributed by atoms with Crippen LogP contribution >= 0.6 is 0 Å². The van der Waals surface area contributed by atoms with Gasteiger partial charge in [-0.3, -0.25) is 9.59 Å². The fraction of sp³-hybridized carbons (Fsp3) is 0.333. The van der Waals surface area contributed by atoms with Crippen molar-refractivity contribution in [3.05, 3.63) is 53.5 Å². The normalized spacial score (nSPS) is 13.7. The number of carbonyl (C=O) groups is 2. The summed E-state index contributed by atoms with van der Waals surface area (Å²) >= 11 is 0. The van der Waals surface area contributed by atoms with Gasteiger partial charge in [-0.25, -0.2) is 9.97 Å². The lowest BCUT2D eigenvalue weighted by atomic mass is 10.0. The fourth-order valence-electron chi connectivity index (χ4n) is 3.15. The van der Waals surface area contributed by atoms with Gasteiger partial charge in [0.05, 0.1) is 17.4 Å². The first-order valence-electron chi connectivity index (χ1n) is 9.10. The van der Waals surface area contributed by atoms with Crippen molar-refractivity contribution in [3.8, 4) is 0 Å². The molecule has 1 aromatic heterocycles. The molecule has 2 heterocycles. The molecule has 1 aliphatic rings. The van der Waals surface area contributed by atoms with Gasteiger partial charge in [0.2, 0.25) is 0 Å². The van der Waals surface area contributed by atoms with Crippen LogP contribution in [0.1, 0.15) is 21.7 Å². The van der Waals surface area contributed by atoms with E-state index in [2.05, 4.69) is 9.97 Å². The summed E-state index contributed by atoms with van der Waals surface area (Å²) in [6.45, 7) is 2.53. The molecule has 3 rings (SSSR count). The number of hydrogen-bond donors (Lipinski definition) is 0. The molecule has 1 amide bonds. The lowest BCUT2D eigenvalue weighted by Crippen LogP contribution is -2.25. The van der Waals surface area contributed by atoms with Crippen LogP contribution in [0.5, 0.6) is 0 Å². The topological polar surface area (TPSA) is 69.6 Å². The molecule has 7 nitrogen and oxygen atoms in total. The summed E-state index contributed by atoms with van der Waals surface area (Å²) in [5.41, 5.74) is 2.76. The number of fused-ring (bicyclic) bond motifs is 2. The van der Waals surface area contributed by atoms with Crippen LogP contribution in [0.25, 0.3) is 0 Å². The first-order chi connectivity index (χ1) is 13.3. The average Bonchev–Trinajstić information content (AvgIpc) is 2.72. The Kier molecular flexibility index (Phi) is 5.56. The summed E-state index contributed by atoms with van der Waals surface area (Å²) in [6.07, 6.45) is 5.36. The standard InChI is InChI=1S/C21H25N5O2/c1-14-22-13-19-20(23-14)25(4)18-9-8-15(12-17(18)21(28)26(19)5)11-16(27)7-6-10-24(2)3/h6-9,12-13H,10-11H2,1-5H3/b7-6+. The largest absolute Gasteiger partial charge is 0.327 e. The Balaban J connectivity index is 1.92. The SMILES string of the molecule is Cc1ncc2c(n1)N(C)c1ccc(CC(=O)/C=C/CN(C)C)cc1C(=O)N2C. The van der Waals surface area contributed by atoms with Gasteiger partial charge in [-0.1, -0.05) is 12.1 Å². The van der Waals surface area contributed by atoms with Gasteiger partial charge in [-0.05, 0) is 44.8 Å². The van der Waals surface area contributed by atoms with Crippen LogP contribution in [0, 0.1) is 6.92 Å². The number of likely N-dealkylation sites (N-methyl/N-ethyl adjacent to an activating group) is 1. The van der Waals surface area contributed by atoms with Crippen molar-refractivity contribution >= 4 is 28.9 Å². The van der Waals surface area contributed by atoms with E-state index in [9.17, 15) is 9.59 Å². The summed E-state index contributed by atoms with van der Waals surface area (Å²) in [6, 6.07) is 5.56. The molecule has 0 radical (unpaired) electrons. The Morgan fingerprint density at radius 3 is 2.64 bits per heavy atom. The van der Waals surface area contributed by atoms with Crippen LogP contribution in [-0.4, -0.2) is 61.3 Å².